The van der Waals surface area contributed by atoms with Crippen LogP contribution in [0.25, 0.3) is 0 Å². The van der Waals surface area contributed by atoms with Crippen molar-refractivity contribution in [2.45, 2.75) is 89.6 Å². The van der Waals surface area contributed by atoms with Crippen molar-refractivity contribution >= 4 is 11.9 Å². The van der Waals surface area contributed by atoms with Crippen LogP contribution >= 0.6 is 0 Å². The lowest BCUT2D eigenvalue weighted by atomic mass is 9.79. The number of carbonyl (C=O) groups excluding carboxylic acids is 1. The third-order valence-electron chi connectivity index (χ3n) is 5.48. The molecule has 0 spiro atoms. The molecule has 2 rings (SSSR count). The first kappa shape index (κ1) is 17.3. The lowest BCUT2D eigenvalue weighted by molar-refractivity contribution is -0.172. The fraction of sp³-hybridized carbons (Fsp3) is 0.889. The normalized spacial score (nSPS) is 28.0. The van der Waals surface area contributed by atoms with Crippen molar-refractivity contribution in [3.05, 3.63) is 0 Å². The van der Waals surface area contributed by atoms with E-state index in [0.29, 0.717) is 25.7 Å². The monoisotopic (exact) mass is 310 g/mol. The highest BCUT2D eigenvalue weighted by molar-refractivity contribution is 5.74. The van der Waals surface area contributed by atoms with Crippen LogP contribution in [0.3, 0.4) is 0 Å². The van der Waals surface area contributed by atoms with Crippen molar-refractivity contribution in [2.75, 3.05) is 0 Å². The number of hydrogen-bond acceptors (Lipinski definition) is 3. The summed E-state index contributed by atoms with van der Waals surface area (Å²) in [6.07, 6.45) is 11.3. The lowest BCUT2D eigenvalue weighted by Gasteiger charge is -2.38. The van der Waals surface area contributed by atoms with Crippen LogP contribution < -0.4 is 0 Å². The molecule has 0 amide bonds. The minimum absolute atomic E-state index is 0.0677. The van der Waals surface area contributed by atoms with E-state index in [2.05, 4.69) is 6.92 Å². The Morgan fingerprint density at radius 1 is 1.05 bits per heavy atom. The van der Waals surface area contributed by atoms with Gasteiger partial charge in [0.15, 0.2) is 0 Å². The minimum Gasteiger partial charge on any atom is -0.481 e. The minimum atomic E-state index is -0.724. The molecule has 0 aliphatic heterocycles. The highest BCUT2D eigenvalue weighted by atomic mass is 16.6. The summed E-state index contributed by atoms with van der Waals surface area (Å²) in [7, 11) is 0. The van der Waals surface area contributed by atoms with Gasteiger partial charge in [0.25, 0.3) is 0 Å². The maximum absolute atomic E-state index is 12.5. The molecule has 4 nitrogen and oxygen atoms in total. The molecule has 0 heterocycles. The van der Waals surface area contributed by atoms with E-state index in [0.717, 1.165) is 44.9 Å². The quantitative estimate of drug-likeness (QED) is 0.742. The van der Waals surface area contributed by atoms with Crippen molar-refractivity contribution in [2.24, 2.45) is 11.8 Å². The first-order valence-corrected chi connectivity index (χ1v) is 9.02. The topological polar surface area (TPSA) is 63.6 Å². The standard InChI is InChI=1S/C18H30O4/c1-2-3-11-18(12-5-4-6-13-18)22-17(21)15-9-7-14(8-10-15)16(19)20/h14-15H,2-13H2,1H3,(H,19,20). The van der Waals surface area contributed by atoms with Gasteiger partial charge in [-0.3, -0.25) is 9.59 Å². The average molecular weight is 310 g/mol. The van der Waals surface area contributed by atoms with Gasteiger partial charge in [0, 0.05) is 0 Å². The van der Waals surface area contributed by atoms with E-state index in [-0.39, 0.29) is 23.4 Å². The Kier molecular flexibility index (Phi) is 6.27. The summed E-state index contributed by atoms with van der Waals surface area (Å²) in [6, 6.07) is 0. The van der Waals surface area contributed by atoms with Crippen LogP contribution in [-0.4, -0.2) is 22.6 Å². The number of carboxylic acid groups (broad SMARTS) is 1. The lowest BCUT2D eigenvalue weighted by Crippen LogP contribution is -2.40. The summed E-state index contributed by atoms with van der Waals surface area (Å²) < 4.78 is 6.03. The largest absolute Gasteiger partial charge is 0.481 e. The molecule has 0 atom stereocenters. The summed E-state index contributed by atoms with van der Waals surface area (Å²) in [5.41, 5.74) is -0.227. The molecule has 126 valence electrons. The number of unbranched alkanes of at least 4 members (excludes halogenated alkanes) is 1. The summed E-state index contributed by atoms with van der Waals surface area (Å²) in [4.78, 5) is 23.5. The van der Waals surface area contributed by atoms with Gasteiger partial charge in [-0.05, 0) is 64.2 Å². The average Bonchev–Trinajstić information content (AvgIpc) is 2.54. The predicted octanol–water partition coefficient (Wildman–Crippen LogP) is 4.31. The highest BCUT2D eigenvalue weighted by Gasteiger charge is 2.38. The van der Waals surface area contributed by atoms with Crippen molar-refractivity contribution < 1.29 is 19.4 Å². The van der Waals surface area contributed by atoms with E-state index in [1.54, 1.807) is 0 Å². The van der Waals surface area contributed by atoms with Gasteiger partial charge < -0.3 is 9.84 Å². The third-order valence-corrected chi connectivity index (χ3v) is 5.48. The van der Waals surface area contributed by atoms with Crippen molar-refractivity contribution in [3.63, 3.8) is 0 Å². The van der Waals surface area contributed by atoms with Crippen molar-refractivity contribution in [1.82, 2.24) is 0 Å². The molecular formula is C18H30O4. The molecule has 2 aliphatic rings. The van der Waals surface area contributed by atoms with Crippen molar-refractivity contribution in [1.29, 1.82) is 0 Å². The van der Waals surface area contributed by atoms with Crippen LogP contribution in [0.5, 0.6) is 0 Å². The van der Waals surface area contributed by atoms with Crippen LogP contribution in [0.2, 0.25) is 0 Å². The Bertz CT molecular complexity index is 377. The maximum atomic E-state index is 12.5. The number of carbonyl (C=O) groups is 2. The number of ether oxygens (including phenoxy) is 1. The van der Waals surface area contributed by atoms with Crippen LogP contribution in [0.15, 0.2) is 0 Å². The molecule has 1 N–H and O–H groups in total. The molecule has 2 fully saturated rings. The van der Waals surface area contributed by atoms with Crippen LogP contribution in [0.4, 0.5) is 0 Å². The number of esters is 1. The van der Waals surface area contributed by atoms with Gasteiger partial charge in [0.2, 0.25) is 0 Å². The number of carboxylic acids is 1. The van der Waals surface area contributed by atoms with E-state index >= 15 is 0 Å². The van der Waals surface area contributed by atoms with E-state index in [1.807, 2.05) is 0 Å². The van der Waals surface area contributed by atoms with E-state index in [4.69, 9.17) is 9.84 Å². The first-order chi connectivity index (χ1) is 10.6. The van der Waals surface area contributed by atoms with Gasteiger partial charge in [-0.1, -0.05) is 19.8 Å². The smallest absolute Gasteiger partial charge is 0.309 e. The van der Waals surface area contributed by atoms with Gasteiger partial charge >= 0.3 is 11.9 Å². The van der Waals surface area contributed by atoms with Crippen molar-refractivity contribution in [3.8, 4) is 0 Å². The molecule has 0 saturated heterocycles. The number of hydrogen-bond donors (Lipinski definition) is 1. The zero-order chi connectivity index (χ0) is 16.0. The van der Waals surface area contributed by atoms with E-state index in [9.17, 15) is 9.59 Å². The van der Waals surface area contributed by atoms with Gasteiger partial charge in [-0.2, -0.15) is 0 Å². The van der Waals surface area contributed by atoms with E-state index in [1.165, 1.54) is 6.42 Å². The zero-order valence-corrected chi connectivity index (χ0v) is 13.8. The second-order valence-corrected chi connectivity index (χ2v) is 7.16. The Morgan fingerprint density at radius 3 is 2.18 bits per heavy atom. The predicted molar refractivity (Wildman–Crippen MR) is 84.5 cm³/mol. The molecule has 0 aromatic heterocycles. The number of aliphatic carboxylic acids is 1. The van der Waals surface area contributed by atoms with Crippen LogP contribution in [0.1, 0.15) is 84.0 Å². The summed E-state index contributed by atoms with van der Waals surface area (Å²) in [6.45, 7) is 2.17. The molecule has 4 heteroatoms. The second kappa shape index (κ2) is 7.98. The van der Waals surface area contributed by atoms with Crippen LogP contribution in [0, 0.1) is 11.8 Å². The molecule has 0 unspecified atom stereocenters. The van der Waals surface area contributed by atoms with Gasteiger partial charge in [-0.15, -0.1) is 0 Å². The maximum Gasteiger partial charge on any atom is 0.309 e. The Labute approximate surface area is 133 Å². The van der Waals surface area contributed by atoms with Gasteiger partial charge in [-0.25, -0.2) is 0 Å². The fourth-order valence-electron chi connectivity index (χ4n) is 3.97. The highest BCUT2D eigenvalue weighted by Crippen LogP contribution is 2.38. The Morgan fingerprint density at radius 2 is 1.64 bits per heavy atom. The molecule has 2 saturated carbocycles. The first-order valence-electron chi connectivity index (χ1n) is 9.02. The molecule has 0 aromatic rings. The second-order valence-electron chi connectivity index (χ2n) is 7.16. The Balaban J connectivity index is 1.89. The SMILES string of the molecule is CCCCC1(OC(=O)C2CCC(C(=O)O)CC2)CCCCC1. The Hall–Kier alpha value is -1.06. The third kappa shape index (κ3) is 4.47. The van der Waals surface area contributed by atoms with E-state index < -0.39 is 5.97 Å². The molecule has 22 heavy (non-hydrogen) atoms. The zero-order valence-electron chi connectivity index (χ0n) is 13.8. The molecular weight excluding hydrogens is 280 g/mol. The summed E-state index contributed by atoms with van der Waals surface area (Å²) in [5, 5.41) is 9.05. The summed E-state index contributed by atoms with van der Waals surface area (Å²) in [5.74, 6) is -1.15. The van der Waals surface area contributed by atoms with Gasteiger partial charge in [0.1, 0.15) is 5.60 Å². The molecule has 2 aliphatic carbocycles. The molecule has 0 bridgehead atoms. The van der Waals surface area contributed by atoms with Crippen LogP contribution in [-0.2, 0) is 14.3 Å². The summed E-state index contributed by atoms with van der Waals surface area (Å²) >= 11 is 0. The molecule has 0 radical (unpaired) electrons. The van der Waals surface area contributed by atoms with Gasteiger partial charge in [0.05, 0.1) is 11.8 Å². The number of rotatable bonds is 6. The molecule has 0 aromatic carbocycles. The fourth-order valence-corrected chi connectivity index (χ4v) is 3.97.